The van der Waals surface area contributed by atoms with Gasteiger partial charge in [0.1, 0.15) is 0 Å². The number of aryl methyl sites for hydroxylation is 1. The van der Waals surface area contributed by atoms with Crippen molar-refractivity contribution in [1.82, 2.24) is 16.0 Å². The van der Waals surface area contributed by atoms with Crippen LogP contribution in [0.2, 0.25) is 0 Å². The van der Waals surface area contributed by atoms with E-state index in [-0.39, 0.29) is 18.5 Å². The SMILES string of the molecule is C1=C(C2NC(c3ccccc3)NC(c3cccc4c3sc3cc(-c5cccc6c5sc5ccccc56)ccc34)N2)CCc2c1sc1ccccc21. The second-order valence-electron chi connectivity index (χ2n) is 13.7. The number of hydrogen-bond acceptors (Lipinski definition) is 6. The third-order valence-electron chi connectivity index (χ3n) is 10.8. The first-order valence-electron chi connectivity index (χ1n) is 17.6. The topological polar surface area (TPSA) is 36.1 Å². The molecular formula is C45H33N3S3. The Bertz CT molecular complexity index is 2820. The maximum atomic E-state index is 4.03. The molecule has 3 aromatic heterocycles. The van der Waals surface area contributed by atoms with Gasteiger partial charge >= 0.3 is 0 Å². The van der Waals surface area contributed by atoms with Crippen molar-refractivity contribution in [3.8, 4) is 11.1 Å². The number of hydrogen-bond donors (Lipinski definition) is 3. The molecule has 0 spiro atoms. The summed E-state index contributed by atoms with van der Waals surface area (Å²) in [7, 11) is 0. The lowest BCUT2D eigenvalue weighted by Gasteiger charge is -2.41. The maximum absolute atomic E-state index is 4.03. The van der Waals surface area contributed by atoms with E-state index in [0.29, 0.717) is 0 Å². The summed E-state index contributed by atoms with van der Waals surface area (Å²) in [6.07, 6.45) is 4.58. The van der Waals surface area contributed by atoms with E-state index in [4.69, 9.17) is 0 Å². The highest BCUT2D eigenvalue weighted by Crippen LogP contribution is 2.44. The lowest BCUT2D eigenvalue weighted by atomic mass is 9.93. The largest absolute Gasteiger partial charge is 0.279 e. The Morgan fingerprint density at radius 2 is 1.14 bits per heavy atom. The van der Waals surface area contributed by atoms with E-state index in [2.05, 4.69) is 155 Å². The van der Waals surface area contributed by atoms with Gasteiger partial charge in [-0.1, -0.05) is 115 Å². The second kappa shape index (κ2) is 12.0. The minimum absolute atomic E-state index is 0.00481. The van der Waals surface area contributed by atoms with Gasteiger partial charge in [0.25, 0.3) is 0 Å². The van der Waals surface area contributed by atoms with Crippen LogP contribution in [0.5, 0.6) is 0 Å². The van der Waals surface area contributed by atoms with Crippen LogP contribution in [0.15, 0.2) is 139 Å². The van der Waals surface area contributed by atoms with Crippen LogP contribution in [-0.2, 0) is 6.42 Å². The van der Waals surface area contributed by atoms with Gasteiger partial charge in [-0.25, -0.2) is 0 Å². The first-order valence-corrected chi connectivity index (χ1v) is 20.1. The van der Waals surface area contributed by atoms with Crippen LogP contribution >= 0.6 is 34.0 Å². The lowest BCUT2D eigenvalue weighted by molar-refractivity contribution is 0.221. The van der Waals surface area contributed by atoms with Gasteiger partial charge in [-0.15, -0.1) is 34.0 Å². The number of nitrogens with one attached hydrogen (secondary N) is 3. The first kappa shape index (κ1) is 30.0. The van der Waals surface area contributed by atoms with Crippen molar-refractivity contribution in [2.45, 2.75) is 31.3 Å². The second-order valence-corrected chi connectivity index (χ2v) is 16.9. The van der Waals surface area contributed by atoms with Crippen molar-refractivity contribution < 1.29 is 0 Å². The summed E-state index contributed by atoms with van der Waals surface area (Å²) >= 11 is 5.74. The number of thiophene rings is 3. The Balaban J connectivity index is 1.00. The van der Waals surface area contributed by atoms with Crippen LogP contribution in [0.25, 0.3) is 67.6 Å². The molecule has 1 aliphatic heterocycles. The number of benzene rings is 6. The molecule has 11 rings (SSSR count). The Hall–Kier alpha value is -4.66. The predicted octanol–water partition coefficient (Wildman–Crippen LogP) is 12.1. The van der Waals surface area contributed by atoms with Crippen molar-refractivity contribution in [3.05, 3.63) is 161 Å². The quantitative estimate of drug-likeness (QED) is 0.170. The molecular weight excluding hydrogens is 679 g/mol. The van der Waals surface area contributed by atoms with Gasteiger partial charge in [0.2, 0.25) is 0 Å². The van der Waals surface area contributed by atoms with Crippen LogP contribution < -0.4 is 16.0 Å². The van der Waals surface area contributed by atoms with Crippen LogP contribution in [0.1, 0.15) is 40.3 Å². The van der Waals surface area contributed by atoms with Gasteiger partial charge in [0.15, 0.2) is 0 Å². The molecule has 3 nitrogen and oxygen atoms in total. The third-order valence-corrected chi connectivity index (χ3v) is 14.4. The van der Waals surface area contributed by atoms with Gasteiger partial charge in [-0.3, -0.25) is 16.0 Å². The zero-order chi connectivity index (χ0) is 33.5. The highest BCUT2D eigenvalue weighted by Gasteiger charge is 2.33. The molecule has 2 aliphatic rings. The third kappa shape index (κ3) is 4.94. The summed E-state index contributed by atoms with van der Waals surface area (Å²) in [5, 5.41) is 18.7. The van der Waals surface area contributed by atoms with Crippen molar-refractivity contribution in [2.75, 3.05) is 0 Å². The minimum atomic E-state index is -0.0327. The summed E-state index contributed by atoms with van der Waals surface area (Å²) in [6, 6.07) is 49.1. The zero-order valence-corrected chi connectivity index (χ0v) is 30.1. The van der Waals surface area contributed by atoms with Gasteiger partial charge in [0, 0.05) is 55.5 Å². The molecule has 1 saturated heterocycles. The van der Waals surface area contributed by atoms with Crippen LogP contribution in [0, 0.1) is 0 Å². The van der Waals surface area contributed by atoms with Crippen molar-refractivity contribution in [3.63, 3.8) is 0 Å². The summed E-state index contributed by atoms with van der Waals surface area (Å²) in [4.78, 5) is 1.40. The smallest absolute Gasteiger partial charge is 0.0878 e. The van der Waals surface area contributed by atoms with E-state index in [1.165, 1.54) is 88.7 Å². The molecule has 1 fully saturated rings. The Labute approximate surface area is 307 Å². The fourth-order valence-electron chi connectivity index (χ4n) is 8.30. The van der Waals surface area contributed by atoms with Gasteiger partial charge in [-0.2, -0.15) is 0 Å². The molecule has 1 aliphatic carbocycles. The number of rotatable bonds is 4. The maximum Gasteiger partial charge on any atom is 0.0878 e. The standard InChI is InChI=1S/C45H33N3S3/c1-2-10-26(11-3-1)43-46-44(28-21-23-32-30-12-4-6-18-37(30)49-39(32)25-28)48-45(47-43)36-17-9-16-35-33-22-20-27(24-40(33)51-42(35)36)29-14-8-15-34-31-13-5-7-19-38(31)50-41(29)34/h1-20,22,24-25,43-48H,21,23H2. The predicted molar refractivity (Wildman–Crippen MR) is 221 cm³/mol. The van der Waals surface area contributed by atoms with Gasteiger partial charge in [0.05, 0.1) is 18.5 Å². The Kier molecular flexibility index (Phi) is 7.04. The molecule has 9 aromatic rings. The molecule has 246 valence electrons. The van der Waals surface area contributed by atoms with E-state index in [1.54, 1.807) is 0 Å². The minimum Gasteiger partial charge on any atom is -0.279 e. The van der Waals surface area contributed by atoms with E-state index in [0.717, 1.165) is 12.8 Å². The summed E-state index contributed by atoms with van der Waals surface area (Å²) in [5.41, 5.74) is 8.06. The molecule has 6 aromatic carbocycles. The number of fused-ring (bicyclic) bond motifs is 9. The fourth-order valence-corrected chi connectivity index (χ4v) is 12.0. The molecule has 51 heavy (non-hydrogen) atoms. The van der Waals surface area contributed by atoms with E-state index in [9.17, 15) is 0 Å². The average molecular weight is 712 g/mol. The first-order chi connectivity index (χ1) is 25.2. The lowest BCUT2D eigenvalue weighted by Crippen LogP contribution is -2.59. The molecule has 3 unspecified atom stereocenters. The van der Waals surface area contributed by atoms with Crippen LogP contribution in [-0.4, -0.2) is 6.17 Å². The van der Waals surface area contributed by atoms with Crippen molar-refractivity contribution >= 4 is 90.5 Å². The highest BCUT2D eigenvalue weighted by molar-refractivity contribution is 7.26. The van der Waals surface area contributed by atoms with Gasteiger partial charge < -0.3 is 0 Å². The molecule has 0 amide bonds. The van der Waals surface area contributed by atoms with Gasteiger partial charge in [-0.05, 0) is 70.3 Å². The van der Waals surface area contributed by atoms with Crippen LogP contribution in [0.3, 0.4) is 0 Å². The molecule has 3 atom stereocenters. The summed E-state index contributed by atoms with van der Waals surface area (Å²) in [6.45, 7) is 0. The van der Waals surface area contributed by atoms with E-state index < -0.39 is 0 Å². The normalized spacial score (nSPS) is 19.3. The molecule has 6 heteroatoms. The molecule has 4 heterocycles. The molecule has 0 saturated carbocycles. The van der Waals surface area contributed by atoms with Crippen molar-refractivity contribution in [1.29, 1.82) is 0 Å². The average Bonchev–Trinajstić information content (AvgIpc) is 3.88. The Morgan fingerprint density at radius 1 is 0.471 bits per heavy atom. The molecule has 3 N–H and O–H groups in total. The zero-order valence-electron chi connectivity index (χ0n) is 27.7. The van der Waals surface area contributed by atoms with E-state index >= 15 is 0 Å². The Morgan fingerprint density at radius 3 is 2.02 bits per heavy atom. The summed E-state index contributed by atoms with van der Waals surface area (Å²) in [5.74, 6) is 0. The highest BCUT2D eigenvalue weighted by atomic mass is 32.1. The molecule has 0 radical (unpaired) electrons. The van der Waals surface area contributed by atoms with E-state index in [1.807, 2.05) is 34.0 Å². The monoisotopic (exact) mass is 711 g/mol. The van der Waals surface area contributed by atoms with Crippen molar-refractivity contribution in [2.24, 2.45) is 0 Å². The fraction of sp³-hybridized carbons (Fsp3) is 0.111. The van der Waals surface area contributed by atoms with Crippen LogP contribution in [0.4, 0.5) is 0 Å². The molecule has 0 bridgehead atoms. The summed E-state index contributed by atoms with van der Waals surface area (Å²) < 4.78 is 6.75.